The molecule has 0 bridgehead atoms. The number of carbonyl (C=O) groups excluding carboxylic acids is 2. The van der Waals surface area contributed by atoms with Crippen molar-refractivity contribution >= 4 is 17.5 Å². The number of hydrogen-bond donors (Lipinski definition) is 2. The first-order chi connectivity index (χ1) is 12.1. The Morgan fingerprint density at radius 1 is 1.08 bits per heavy atom. The zero-order valence-electron chi connectivity index (χ0n) is 13.8. The third-order valence-electron chi connectivity index (χ3n) is 4.30. The van der Waals surface area contributed by atoms with E-state index in [9.17, 15) is 14.7 Å². The molecule has 1 atom stereocenters. The Morgan fingerprint density at radius 2 is 1.72 bits per heavy atom. The van der Waals surface area contributed by atoms with Gasteiger partial charge in [-0.25, -0.2) is 0 Å². The fourth-order valence-corrected chi connectivity index (χ4v) is 3.02. The number of hydrogen-bond acceptors (Lipinski definition) is 3. The molecule has 2 aromatic rings. The standard InChI is InChI=1S/C20H20N2O3/c1-14-16-9-5-6-10-17(16)20(25)22(14)13-19(24)21-18(11-12-23)15-7-3-2-4-8-15/h2-10,18,23H,1,11-13H2,(H,21,24). The highest BCUT2D eigenvalue weighted by atomic mass is 16.3. The van der Waals surface area contributed by atoms with Crippen LogP contribution < -0.4 is 5.32 Å². The van der Waals surface area contributed by atoms with Crippen molar-refractivity contribution in [2.24, 2.45) is 0 Å². The second kappa shape index (κ2) is 7.32. The molecule has 1 aliphatic heterocycles. The maximum Gasteiger partial charge on any atom is 0.259 e. The molecule has 2 N–H and O–H groups in total. The van der Waals surface area contributed by atoms with Gasteiger partial charge in [-0.05, 0) is 18.1 Å². The summed E-state index contributed by atoms with van der Waals surface area (Å²) in [7, 11) is 0. The van der Waals surface area contributed by atoms with Gasteiger partial charge in [-0.3, -0.25) is 14.5 Å². The van der Waals surface area contributed by atoms with E-state index in [0.717, 1.165) is 11.1 Å². The van der Waals surface area contributed by atoms with Gasteiger partial charge >= 0.3 is 0 Å². The highest BCUT2D eigenvalue weighted by Crippen LogP contribution is 2.30. The van der Waals surface area contributed by atoms with Gasteiger partial charge in [0.05, 0.1) is 6.04 Å². The van der Waals surface area contributed by atoms with Crippen LogP contribution in [0.4, 0.5) is 0 Å². The minimum absolute atomic E-state index is 0.0410. The lowest BCUT2D eigenvalue weighted by Gasteiger charge is -2.21. The summed E-state index contributed by atoms with van der Waals surface area (Å²) in [6, 6.07) is 16.4. The van der Waals surface area contributed by atoms with Crippen LogP contribution in [-0.4, -0.2) is 35.0 Å². The van der Waals surface area contributed by atoms with Crippen molar-refractivity contribution in [2.75, 3.05) is 13.2 Å². The monoisotopic (exact) mass is 336 g/mol. The summed E-state index contributed by atoms with van der Waals surface area (Å²) < 4.78 is 0. The summed E-state index contributed by atoms with van der Waals surface area (Å²) in [6.07, 6.45) is 0.408. The Morgan fingerprint density at radius 3 is 2.36 bits per heavy atom. The highest BCUT2D eigenvalue weighted by Gasteiger charge is 2.32. The molecule has 128 valence electrons. The fraction of sp³-hybridized carbons (Fsp3) is 0.200. The quantitative estimate of drug-likeness (QED) is 0.851. The molecular formula is C20H20N2O3. The van der Waals surface area contributed by atoms with Gasteiger partial charge in [0.25, 0.3) is 5.91 Å². The molecule has 5 nitrogen and oxygen atoms in total. The maximum atomic E-state index is 12.5. The van der Waals surface area contributed by atoms with Crippen LogP contribution in [0.5, 0.6) is 0 Å². The van der Waals surface area contributed by atoms with E-state index < -0.39 is 0 Å². The van der Waals surface area contributed by atoms with E-state index in [0.29, 0.717) is 17.7 Å². The largest absolute Gasteiger partial charge is 0.396 e. The van der Waals surface area contributed by atoms with Crippen molar-refractivity contribution in [1.82, 2.24) is 10.2 Å². The lowest BCUT2D eigenvalue weighted by atomic mass is 10.0. The minimum Gasteiger partial charge on any atom is -0.396 e. The van der Waals surface area contributed by atoms with Crippen molar-refractivity contribution in [2.45, 2.75) is 12.5 Å². The predicted molar refractivity (Wildman–Crippen MR) is 95.5 cm³/mol. The van der Waals surface area contributed by atoms with E-state index in [4.69, 9.17) is 0 Å². The lowest BCUT2D eigenvalue weighted by Crippen LogP contribution is -2.38. The number of nitrogens with zero attached hydrogens (tertiary/aromatic N) is 1. The van der Waals surface area contributed by atoms with Gasteiger partial charge in [0.1, 0.15) is 6.54 Å². The average Bonchev–Trinajstić information content (AvgIpc) is 2.87. The Bertz CT molecular complexity index is 767. The Hall–Kier alpha value is -2.92. The molecule has 2 amide bonds. The molecule has 1 aliphatic rings. The van der Waals surface area contributed by atoms with Crippen LogP contribution >= 0.6 is 0 Å². The minimum atomic E-state index is -0.299. The van der Waals surface area contributed by atoms with Gasteiger partial charge in [-0.2, -0.15) is 0 Å². The van der Waals surface area contributed by atoms with Crippen molar-refractivity contribution in [3.05, 3.63) is 77.9 Å². The number of aliphatic hydroxyl groups is 1. The van der Waals surface area contributed by atoms with Gasteiger partial charge in [-0.15, -0.1) is 0 Å². The normalized spacial score (nSPS) is 14.4. The number of benzene rings is 2. The van der Waals surface area contributed by atoms with E-state index in [2.05, 4.69) is 11.9 Å². The van der Waals surface area contributed by atoms with Crippen LogP contribution in [-0.2, 0) is 4.79 Å². The highest BCUT2D eigenvalue weighted by molar-refractivity contribution is 6.10. The second-order valence-corrected chi connectivity index (χ2v) is 5.93. The van der Waals surface area contributed by atoms with Gasteiger partial charge in [0, 0.05) is 23.4 Å². The molecule has 0 spiro atoms. The summed E-state index contributed by atoms with van der Waals surface area (Å²) in [4.78, 5) is 26.3. The van der Waals surface area contributed by atoms with Gasteiger partial charge in [0.2, 0.25) is 5.91 Å². The van der Waals surface area contributed by atoms with Crippen LogP contribution in [0.3, 0.4) is 0 Å². The van der Waals surface area contributed by atoms with Crippen LogP contribution in [0.15, 0.2) is 61.2 Å². The third kappa shape index (κ3) is 3.46. The molecule has 0 aromatic heterocycles. The van der Waals surface area contributed by atoms with E-state index in [1.807, 2.05) is 42.5 Å². The van der Waals surface area contributed by atoms with Crippen molar-refractivity contribution < 1.29 is 14.7 Å². The number of carbonyl (C=O) groups is 2. The average molecular weight is 336 g/mol. The Balaban J connectivity index is 1.70. The van der Waals surface area contributed by atoms with E-state index in [-0.39, 0.29) is 31.0 Å². The molecule has 0 radical (unpaired) electrons. The molecular weight excluding hydrogens is 316 g/mol. The van der Waals surface area contributed by atoms with Gasteiger partial charge in [0.15, 0.2) is 0 Å². The molecule has 1 heterocycles. The second-order valence-electron chi connectivity index (χ2n) is 5.93. The molecule has 0 aliphatic carbocycles. The van der Waals surface area contributed by atoms with Gasteiger partial charge < -0.3 is 10.4 Å². The first-order valence-electron chi connectivity index (χ1n) is 8.17. The number of amides is 2. The molecule has 25 heavy (non-hydrogen) atoms. The predicted octanol–water partition coefficient (Wildman–Crippen LogP) is 2.35. The first-order valence-corrected chi connectivity index (χ1v) is 8.17. The number of nitrogens with one attached hydrogen (secondary N) is 1. The third-order valence-corrected chi connectivity index (χ3v) is 4.30. The molecule has 3 rings (SSSR count). The number of fused-ring (bicyclic) bond motifs is 1. The molecule has 0 fully saturated rings. The number of aliphatic hydroxyl groups excluding tert-OH is 1. The van der Waals surface area contributed by atoms with Gasteiger partial charge in [-0.1, -0.05) is 55.1 Å². The Kier molecular flexibility index (Phi) is 4.95. The molecule has 5 heteroatoms. The summed E-state index contributed by atoms with van der Waals surface area (Å²) in [5.74, 6) is -0.501. The first kappa shape index (κ1) is 16.9. The molecule has 0 saturated heterocycles. The van der Waals surface area contributed by atoms with Crippen LogP contribution in [0.1, 0.15) is 33.9 Å². The summed E-state index contributed by atoms with van der Waals surface area (Å²) in [5.41, 5.74) is 2.78. The lowest BCUT2D eigenvalue weighted by molar-refractivity contribution is -0.122. The molecule has 1 unspecified atom stereocenters. The van der Waals surface area contributed by atoms with Crippen LogP contribution in [0.25, 0.3) is 5.70 Å². The van der Waals surface area contributed by atoms with Crippen LogP contribution in [0.2, 0.25) is 0 Å². The maximum absolute atomic E-state index is 12.5. The van der Waals surface area contributed by atoms with E-state index in [1.54, 1.807) is 12.1 Å². The van der Waals surface area contributed by atoms with Crippen LogP contribution in [0, 0.1) is 0 Å². The number of rotatable bonds is 6. The molecule has 0 saturated carbocycles. The van der Waals surface area contributed by atoms with E-state index in [1.165, 1.54) is 4.90 Å². The smallest absolute Gasteiger partial charge is 0.259 e. The zero-order chi connectivity index (χ0) is 17.8. The van der Waals surface area contributed by atoms with Crippen molar-refractivity contribution in [1.29, 1.82) is 0 Å². The summed E-state index contributed by atoms with van der Waals surface area (Å²) in [6.45, 7) is 3.80. The van der Waals surface area contributed by atoms with Crippen molar-refractivity contribution in [3.8, 4) is 0 Å². The topological polar surface area (TPSA) is 69.6 Å². The fourth-order valence-electron chi connectivity index (χ4n) is 3.02. The Labute approximate surface area is 146 Å². The summed E-state index contributed by atoms with van der Waals surface area (Å²) >= 11 is 0. The van der Waals surface area contributed by atoms with Crippen molar-refractivity contribution in [3.63, 3.8) is 0 Å². The SMILES string of the molecule is C=C1c2ccccc2C(=O)N1CC(=O)NC(CCO)c1ccccc1. The molecule has 2 aromatic carbocycles. The summed E-state index contributed by atoms with van der Waals surface area (Å²) in [5, 5.41) is 12.2. The zero-order valence-corrected chi connectivity index (χ0v) is 13.8. The van der Waals surface area contributed by atoms with E-state index >= 15 is 0 Å².